The topological polar surface area (TPSA) is 76.3 Å². The number of para-hydroxylation sites is 1. The predicted molar refractivity (Wildman–Crippen MR) is 161 cm³/mol. The summed E-state index contributed by atoms with van der Waals surface area (Å²) in [4.78, 5) is 0. The van der Waals surface area contributed by atoms with Gasteiger partial charge in [0.25, 0.3) is 0 Å². The van der Waals surface area contributed by atoms with E-state index in [9.17, 15) is 19.9 Å². The third-order valence-corrected chi connectivity index (χ3v) is 9.24. The maximum Gasteiger partial charge on any atom is 0.417 e. The standard InChI is InChI=1S/C35H37F7N2O2/c1-29(2,23-11-6-5-7-12-23)19-32(45,34(37,38)39)21-31(27(18-43)26-15-8-9-16-28(26)44-31)22-33(46,35(40,41)42)20-30(3,4)24-13-10-14-25(36)17-24/h5-17,27,44-46H,19-22H2,1-4H3. The van der Waals surface area contributed by atoms with Gasteiger partial charge in [-0.3, -0.25) is 0 Å². The van der Waals surface area contributed by atoms with Crippen molar-refractivity contribution in [3.8, 4) is 6.07 Å². The van der Waals surface area contributed by atoms with Crippen LogP contribution < -0.4 is 5.32 Å². The molecule has 248 valence electrons. The van der Waals surface area contributed by atoms with Crippen LogP contribution in [0.4, 0.5) is 36.4 Å². The molecule has 1 aliphatic heterocycles. The van der Waals surface area contributed by atoms with E-state index in [0.717, 1.165) is 12.1 Å². The highest BCUT2D eigenvalue weighted by Gasteiger charge is 2.66. The summed E-state index contributed by atoms with van der Waals surface area (Å²) in [6.45, 7) is 5.69. The second kappa shape index (κ2) is 11.9. The van der Waals surface area contributed by atoms with Gasteiger partial charge in [0.2, 0.25) is 0 Å². The maximum absolute atomic E-state index is 15.1. The quantitative estimate of drug-likeness (QED) is 0.192. The zero-order valence-electron chi connectivity index (χ0n) is 25.9. The molecule has 0 fully saturated rings. The number of nitrogens with zero attached hydrogens (tertiary/aromatic N) is 1. The number of nitrogens with one attached hydrogen (secondary N) is 1. The zero-order valence-corrected chi connectivity index (χ0v) is 25.9. The molecule has 0 aliphatic carbocycles. The SMILES string of the molecule is CC(C)(CC(O)(CC1(CC(O)(CC(C)(C)c2cccc(F)c2)C(F)(F)F)Nc2ccccc2C1C#N)C(F)(F)F)c1ccccc1. The average Bonchev–Trinajstić information content (AvgIpc) is 3.23. The lowest BCUT2D eigenvalue weighted by Crippen LogP contribution is -2.61. The van der Waals surface area contributed by atoms with E-state index in [-0.39, 0.29) is 16.8 Å². The fourth-order valence-electron chi connectivity index (χ4n) is 7.08. The van der Waals surface area contributed by atoms with E-state index < -0.39 is 77.3 Å². The van der Waals surface area contributed by atoms with Crippen LogP contribution in [0.2, 0.25) is 0 Å². The summed E-state index contributed by atoms with van der Waals surface area (Å²) < 4.78 is 104. The van der Waals surface area contributed by atoms with Gasteiger partial charge in [-0.15, -0.1) is 0 Å². The van der Waals surface area contributed by atoms with Gasteiger partial charge >= 0.3 is 12.4 Å². The van der Waals surface area contributed by atoms with E-state index in [1.165, 1.54) is 64.1 Å². The smallest absolute Gasteiger partial charge is 0.380 e. The lowest BCUT2D eigenvalue weighted by Gasteiger charge is -2.48. The van der Waals surface area contributed by atoms with Crippen LogP contribution in [-0.2, 0) is 10.8 Å². The number of aliphatic hydroxyl groups is 2. The van der Waals surface area contributed by atoms with Gasteiger partial charge in [0.15, 0.2) is 11.2 Å². The minimum absolute atomic E-state index is 0.120. The molecule has 3 N–H and O–H groups in total. The van der Waals surface area contributed by atoms with Gasteiger partial charge in [0, 0.05) is 18.5 Å². The molecule has 3 aromatic carbocycles. The van der Waals surface area contributed by atoms with Crippen molar-refractivity contribution < 1.29 is 40.9 Å². The minimum Gasteiger partial charge on any atom is -0.380 e. The van der Waals surface area contributed by atoms with Crippen molar-refractivity contribution in [2.24, 2.45) is 0 Å². The van der Waals surface area contributed by atoms with Crippen LogP contribution in [0.25, 0.3) is 0 Å². The molecule has 4 rings (SSSR count). The molecule has 3 aromatic rings. The Bertz CT molecular complexity index is 1580. The summed E-state index contributed by atoms with van der Waals surface area (Å²) in [5.74, 6) is -2.34. The molecule has 0 spiro atoms. The lowest BCUT2D eigenvalue weighted by atomic mass is 9.63. The first kappa shape index (κ1) is 35.2. The molecule has 4 nitrogen and oxygen atoms in total. The second-order valence-corrected chi connectivity index (χ2v) is 13.8. The van der Waals surface area contributed by atoms with Crippen LogP contribution in [0.5, 0.6) is 0 Å². The molecule has 1 heterocycles. The van der Waals surface area contributed by atoms with E-state index >= 15 is 26.3 Å². The normalized spacial score (nSPS) is 21.4. The van der Waals surface area contributed by atoms with Crippen LogP contribution >= 0.6 is 0 Å². The van der Waals surface area contributed by atoms with Crippen LogP contribution in [-0.4, -0.2) is 39.3 Å². The number of hydrogen-bond acceptors (Lipinski definition) is 4. The number of halogens is 7. The van der Waals surface area contributed by atoms with E-state index in [4.69, 9.17) is 0 Å². The molecule has 0 saturated carbocycles. The summed E-state index contributed by atoms with van der Waals surface area (Å²) in [6.07, 6.45) is -15.6. The third kappa shape index (κ3) is 6.74. The highest BCUT2D eigenvalue weighted by Crippen LogP contribution is 2.57. The molecular formula is C35H37F7N2O2. The fourth-order valence-corrected chi connectivity index (χ4v) is 7.08. The van der Waals surface area contributed by atoms with E-state index in [0.29, 0.717) is 5.56 Å². The van der Waals surface area contributed by atoms with Crippen LogP contribution in [0, 0.1) is 17.1 Å². The molecule has 0 aromatic heterocycles. The summed E-state index contributed by atoms with van der Waals surface area (Å²) in [5, 5.41) is 36.3. The summed E-state index contributed by atoms with van der Waals surface area (Å²) in [6, 6.07) is 20.7. The number of anilines is 1. The zero-order chi connectivity index (χ0) is 34.4. The van der Waals surface area contributed by atoms with Crippen molar-refractivity contribution in [3.63, 3.8) is 0 Å². The highest BCUT2D eigenvalue weighted by atomic mass is 19.4. The Morgan fingerprint density at radius 3 is 1.70 bits per heavy atom. The molecular weight excluding hydrogens is 613 g/mol. The molecule has 0 bridgehead atoms. The van der Waals surface area contributed by atoms with Crippen LogP contribution in [0.3, 0.4) is 0 Å². The van der Waals surface area contributed by atoms with Crippen molar-refractivity contribution >= 4 is 5.69 Å². The van der Waals surface area contributed by atoms with Crippen molar-refractivity contribution in [1.82, 2.24) is 0 Å². The second-order valence-electron chi connectivity index (χ2n) is 13.8. The van der Waals surface area contributed by atoms with Gasteiger partial charge in [-0.2, -0.15) is 31.6 Å². The number of rotatable bonds is 10. The number of alkyl halides is 6. The first-order chi connectivity index (χ1) is 21.1. The van der Waals surface area contributed by atoms with E-state index in [1.54, 1.807) is 30.3 Å². The fraction of sp³-hybridized carbons (Fsp3) is 0.457. The number of fused-ring (bicyclic) bond motifs is 1. The molecule has 4 atom stereocenters. The summed E-state index contributed by atoms with van der Waals surface area (Å²) in [5.41, 5.74) is -11.8. The Balaban J connectivity index is 1.88. The molecule has 0 radical (unpaired) electrons. The Morgan fingerprint density at radius 1 is 0.717 bits per heavy atom. The number of nitriles is 1. The minimum atomic E-state index is -5.40. The van der Waals surface area contributed by atoms with Crippen LogP contribution in [0.1, 0.15) is 76.0 Å². The molecule has 11 heteroatoms. The van der Waals surface area contributed by atoms with Crippen molar-refractivity contribution in [1.29, 1.82) is 5.26 Å². The lowest BCUT2D eigenvalue weighted by molar-refractivity contribution is -0.286. The summed E-state index contributed by atoms with van der Waals surface area (Å²) in [7, 11) is 0. The Kier molecular flexibility index (Phi) is 9.10. The van der Waals surface area contributed by atoms with E-state index in [1.807, 2.05) is 6.07 Å². The molecule has 46 heavy (non-hydrogen) atoms. The molecule has 0 amide bonds. The third-order valence-electron chi connectivity index (χ3n) is 9.24. The molecule has 4 unspecified atom stereocenters. The van der Waals surface area contributed by atoms with Crippen molar-refractivity contribution in [3.05, 3.63) is 101 Å². The van der Waals surface area contributed by atoms with Crippen molar-refractivity contribution in [2.45, 2.75) is 99.2 Å². The van der Waals surface area contributed by atoms with Gasteiger partial charge < -0.3 is 15.5 Å². The molecule has 0 saturated heterocycles. The number of hydrogen-bond donors (Lipinski definition) is 3. The van der Waals surface area contributed by atoms with Gasteiger partial charge in [-0.05, 0) is 58.6 Å². The largest absolute Gasteiger partial charge is 0.417 e. The van der Waals surface area contributed by atoms with E-state index in [2.05, 4.69) is 5.32 Å². The predicted octanol–water partition coefficient (Wildman–Crippen LogP) is 8.70. The Morgan fingerprint density at radius 2 is 1.20 bits per heavy atom. The monoisotopic (exact) mass is 650 g/mol. The van der Waals surface area contributed by atoms with Gasteiger partial charge in [0.1, 0.15) is 5.82 Å². The molecule has 1 aliphatic rings. The first-order valence-electron chi connectivity index (χ1n) is 14.7. The van der Waals surface area contributed by atoms with Gasteiger partial charge in [-0.1, -0.05) is 88.4 Å². The number of benzene rings is 3. The van der Waals surface area contributed by atoms with Crippen LogP contribution in [0.15, 0.2) is 78.9 Å². The van der Waals surface area contributed by atoms with Gasteiger partial charge in [0.05, 0.1) is 17.5 Å². The van der Waals surface area contributed by atoms with Gasteiger partial charge in [-0.25, -0.2) is 4.39 Å². The first-order valence-corrected chi connectivity index (χ1v) is 14.7. The Labute approximate surface area is 263 Å². The highest BCUT2D eigenvalue weighted by molar-refractivity contribution is 5.64. The van der Waals surface area contributed by atoms with Crippen molar-refractivity contribution in [2.75, 3.05) is 5.32 Å². The maximum atomic E-state index is 15.1. The summed E-state index contributed by atoms with van der Waals surface area (Å²) >= 11 is 0. The average molecular weight is 651 g/mol. The Hall–Kier alpha value is -3.62.